The summed E-state index contributed by atoms with van der Waals surface area (Å²) < 4.78 is 0. The monoisotopic (exact) mass is 181 g/mol. The van der Waals surface area contributed by atoms with Gasteiger partial charge in [-0.05, 0) is 37.9 Å². The molecule has 1 fully saturated rings. The molecule has 0 aromatic carbocycles. The van der Waals surface area contributed by atoms with E-state index in [1.54, 1.807) is 0 Å². The van der Waals surface area contributed by atoms with E-state index in [-0.39, 0.29) is 6.61 Å². The number of aromatic nitrogens is 2. The molecule has 1 aromatic rings. The second kappa shape index (κ2) is 3.89. The molecule has 4 heteroatoms. The lowest BCUT2D eigenvalue weighted by molar-refractivity contribution is 0.276. The smallest absolute Gasteiger partial charge is 0.0847 e. The van der Waals surface area contributed by atoms with Gasteiger partial charge in [0.2, 0.25) is 0 Å². The molecule has 13 heavy (non-hydrogen) atoms. The zero-order chi connectivity index (χ0) is 9.10. The third kappa shape index (κ3) is 2.08. The molecule has 2 heterocycles. The minimum absolute atomic E-state index is 0.0515. The van der Waals surface area contributed by atoms with Crippen LogP contribution in [0, 0.1) is 5.92 Å². The Morgan fingerprint density at radius 3 is 3.15 bits per heavy atom. The van der Waals surface area contributed by atoms with E-state index in [1.165, 1.54) is 6.42 Å². The minimum atomic E-state index is 0.0515. The number of hydrogen-bond donors (Lipinski definition) is 3. The standard InChI is InChI=1S/C9H15N3O/c13-6-9-4-8(11-12-9)3-7-1-2-10-5-7/h4,7,10,13H,1-3,5-6H2,(H,11,12). The van der Waals surface area contributed by atoms with E-state index in [0.29, 0.717) is 0 Å². The molecule has 1 aromatic heterocycles. The van der Waals surface area contributed by atoms with Crippen LogP contribution in [0.3, 0.4) is 0 Å². The van der Waals surface area contributed by atoms with E-state index < -0.39 is 0 Å². The zero-order valence-electron chi connectivity index (χ0n) is 7.58. The van der Waals surface area contributed by atoms with Gasteiger partial charge in [-0.3, -0.25) is 5.10 Å². The second-order valence-electron chi connectivity index (χ2n) is 3.61. The van der Waals surface area contributed by atoms with Crippen LogP contribution in [0.5, 0.6) is 0 Å². The molecule has 1 aliphatic rings. The normalized spacial score (nSPS) is 22.4. The fraction of sp³-hybridized carbons (Fsp3) is 0.667. The maximum atomic E-state index is 8.83. The summed E-state index contributed by atoms with van der Waals surface area (Å²) in [5.41, 5.74) is 1.87. The molecule has 3 N–H and O–H groups in total. The van der Waals surface area contributed by atoms with Crippen molar-refractivity contribution in [2.45, 2.75) is 19.4 Å². The van der Waals surface area contributed by atoms with Crippen LogP contribution in [0.4, 0.5) is 0 Å². The number of aliphatic hydroxyl groups excluding tert-OH is 1. The molecule has 0 amide bonds. The van der Waals surface area contributed by atoms with E-state index in [4.69, 9.17) is 5.11 Å². The Balaban J connectivity index is 1.92. The first-order valence-corrected chi connectivity index (χ1v) is 4.73. The summed E-state index contributed by atoms with van der Waals surface area (Å²) in [6.07, 6.45) is 2.25. The fourth-order valence-corrected chi connectivity index (χ4v) is 1.78. The van der Waals surface area contributed by atoms with Gasteiger partial charge in [0.05, 0.1) is 18.0 Å². The SMILES string of the molecule is OCc1cc(CC2CCNC2)n[nH]1. The Hall–Kier alpha value is -0.870. The maximum Gasteiger partial charge on any atom is 0.0847 e. The third-order valence-corrected chi connectivity index (χ3v) is 2.51. The van der Waals surface area contributed by atoms with E-state index >= 15 is 0 Å². The Bertz CT molecular complexity index is 266. The van der Waals surface area contributed by atoms with Gasteiger partial charge in [-0.25, -0.2) is 0 Å². The van der Waals surface area contributed by atoms with Crippen molar-refractivity contribution >= 4 is 0 Å². The number of rotatable bonds is 3. The molecule has 1 atom stereocenters. The first-order chi connectivity index (χ1) is 6.38. The Morgan fingerprint density at radius 1 is 1.62 bits per heavy atom. The molecular weight excluding hydrogens is 166 g/mol. The van der Waals surface area contributed by atoms with Gasteiger partial charge in [-0.15, -0.1) is 0 Å². The van der Waals surface area contributed by atoms with Crippen molar-refractivity contribution in [2.75, 3.05) is 13.1 Å². The van der Waals surface area contributed by atoms with Gasteiger partial charge in [0.15, 0.2) is 0 Å². The summed E-state index contributed by atoms with van der Waals surface area (Å²) >= 11 is 0. The van der Waals surface area contributed by atoms with Crippen molar-refractivity contribution in [1.29, 1.82) is 0 Å². The summed E-state index contributed by atoms with van der Waals surface area (Å²) in [5, 5.41) is 19.1. The van der Waals surface area contributed by atoms with Crippen molar-refractivity contribution in [2.24, 2.45) is 5.92 Å². The van der Waals surface area contributed by atoms with E-state index in [1.807, 2.05) is 6.07 Å². The molecule has 1 saturated heterocycles. The second-order valence-corrected chi connectivity index (χ2v) is 3.61. The predicted octanol–water partition coefficient (Wildman–Crippen LogP) is 0.0540. The average molecular weight is 181 g/mol. The van der Waals surface area contributed by atoms with Crippen LogP contribution < -0.4 is 5.32 Å². The number of aliphatic hydroxyl groups is 1. The molecule has 0 saturated carbocycles. The van der Waals surface area contributed by atoms with E-state index in [9.17, 15) is 0 Å². The number of nitrogens with one attached hydrogen (secondary N) is 2. The van der Waals surface area contributed by atoms with Gasteiger partial charge in [-0.1, -0.05) is 0 Å². The van der Waals surface area contributed by atoms with Gasteiger partial charge >= 0.3 is 0 Å². The molecule has 2 rings (SSSR count). The van der Waals surface area contributed by atoms with Crippen molar-refractivity contribution in [3.05, 3.63) is 17.5 Å². The van der Waals surface area contributed by atoms with Gasteiger partial charge in [0.25, 0.3) is 0 Å². The fourth-order valence-electron chi connectivity index (χ4n) is 1.78. The van der Waals surface area contributed by atoms with Crippen LogP contribution in [0.2, 0.25) is 0 Å². The Morgan fingerprint density at radius 2 is 2.54 bits per heavy atom. The molecule has 0 spiro atoms. The summed E-state index contributed by atoms with van der Waals surface area (Å²) in [4.78, 5) is 0. The third-order valence-electron chi connectivity index (χ3n) is 2.51. The highest BCUT2D eigenvalue weighted by molar-refractivity contribution is 5.08. The van der Waals surface area contributed by atoms with E-state index in [0.717, 1.165) is 36.8 Å². The quantitative estimate of drug-likeness (QED) is 0.617. The zero-order valence-corrected chi connectivity index (χ0v) is 7.58. The van der Waals surface area contributed by atoms with Crippen LogP contribution >= 0.6 is 0 Å². The highest BCUT2D eigenvalue weighted by Crippen LogP contribution is 2.13. The number of nitrogens with zero attached hydrogens (tertiary/aromatic N) is 1. The lowest BCUT2D eigenvalue weighted by atomic mass is 10.0. The topological polar surface area (TPSA) is 60.9 Å². The van der Waals surface area contributed by atoms with Crippen LogP contribution in [-0.4, -0.2) is 28.4 Å². The molecule has 0 aliphatic carbocycles. The lowest BCUT2D eigenvalue weighted by Crippen LogP contribution is -2.10. The van der Waals surface area contributed by atoms with Crippen LogP contribution in [-0.2, 0) is 13.0 Å². The summed E-state index contributed by atoms with van der Waals surface area (Å²) in [5.74, 6) is 0.717. The molecule has 1 aliphatic heterocycles. The number of aromatic amines is 1. The Kier molecular flexibility index (Phi) is 2.61. The maximum absolute atomic E-state index is 8.83. The lowest BCUT2D eigenvalue weighted by Gasteiger charge is -2.03. The largest absolute Gasteiger partial charge is 0.390 e. The van der Waals surface area contributed by atoms with Crippen LogP contribution in [0.1, 0.15) is 17.8 Å². The molecule has 0 radical (unpaired) electrons. The molecule has 0 bridgehead atoms. The number of H-pyrrole nitrogens is 1. The van der Waals surface area contributed by atoms with Gasteiger partial charge in [0.1, 0.15) is 0 Å². The van der Waals surface area contributed by atoms with Crippen molar-refractivity contribution in [3.8, 4) is 0 Å². The highest BCUT2D eigenvalue weighted by Gasteiger charge is 2.15. The molecule has 72 valence electrons. The highest BCUT2D eigenvalue weighted by atomic mass is 16.3. The number of hydrogen-bond acceptors (Lipinski definition) is 3. The van der Waals surface area contributed by atoms with Crippen LogP contribution in [0.15, 0.2) is 6.07 Å². The molecule has 4 nitrogen and oxygen atoms in total. The summed E-state index contributed by atoms with van der Waals surface area (Å²) in [6, 6.07) is 1.94. The van der Waals surface area contributed by atoms with Crippen LogP contribution in [0.25, 0.3) is 0 Å². The first-order valence-electron chi connectivity index (χ1n) is 4.73. The van der Waals surface area contributed by atoms with Crippen molar-refractivity contribution in [1.82, 2.24) is 15.5 Å². The van der Waals surface area contributed by atoms with Gasteiger partial charge in [0, 0.05) is 0 Å². The van der Waals surface area contributed by atoms with Crippen molar-refractivity contribution < 1.29 is 5.11 Å². The Labute approximate surface area is 77.4 Å². The van der Waals surface area contributed by atoms with E-state index in [2.05, 4.69) is 15.5 Å². The predicted molar refractivity (Wildman–Crippen MR) is 49.2 cm³/mol. The summed E-state index contributed by atoms with van der Waals surface area (Å²) in [7, 11) is 0. The molecule has 1 unspecified atom stereocenters. The summed E-state index contributed by atoms with van der Waals surface area (Å²) in [6.45, 7) is 2.28. The molecular formula is C9H15N3O. The van der Waals surface area contributed by atoms with Gasteiger partial charge in [-0.2, -0.15) is 5.10 Å². The van der Waals surface area contributed by atoms with Crippen molar-refractivity contribution in [3.63, 3.8) is 0 Å². The van der Waals surface area contributed by atoms with Gasteiger partial charge < -0.3 is 10.4 Å². The minimum Gasteiger partial charge on any atom is -0.390 e. The first kappa shape index (κ1) is 8.72. The average Bonchev–Trinajstić information content (AvgIpc) is 2.76.